The molecular formula is C19H12N3O5-. The number of hydrogen-bond donors (Lipinski definition) is 1. The van der Waals surface area contributed by atoms with Crippen LogP contribution in [0.5, 0.6) is 0 Å². The van der Waals surface area contributed by atoms with E-state index < -0.39 is 29.6 Å². The van der Waals surface area contributed by atoms with E-state index in [4.69, 9.17) is 0 Å². The molecule has 0 unspecified atom stereocenters. The predicted octanol–water partition coefficient (Wildman–Crippen LogP) is 0.138. The molecule has 0 spiro atoms. The van der Waals surface area contributed by atoms with Crippen molar-refractivity contribution in [2.24, 2.45) is 0 Å². The maximum Gasteiger partial charge on any atom is 0.275 e. The third kappa shape index (κ3) is 2.86. The average Bonchev–Trinajstić information content (AvgIpc) is 3.02. The van der Waals surface area contributed by atoms with E-state index in [9.17, 15) is 24.3 Å². The van der Waals surface area contributed by atoms with Crippen LogP contribution in [0, 0.1) is 0 Å². The fourth-order valence-corrected chi connectivity index (χ4v) is 3.12. The van der Waals surface area contributed by atoms with Crippen molar-refractivity contribution in [3.63, 3.8) is 0 Å². The molecular weight excluding hydrogens is 350 g/mol. The van der Waals surface area contributed by atoms with E-state index >= 15 is 0 Å². The van der Waals surface area contributed by atoms with E-state index in [1.807, 2.05) is 0 Å². The van der Waals surface area contributed by atoms with E-state index in [2.05, 4.69) is 10.4 Å². The number of benzene rings is 2. The maximum absolute atomic E-state index is 12.6. The van der Waals surface area contributed by atoms with Crippen LogP contribution >= 0.6 is 0 Å². The monoisotopic (exact) mass is 362 g/mol. The summed E-state index contributed by atoms with van der Waals surface area (Å²) >= 11 is 0. The number of aromatic nitrogens is 2. The van der Waals surface area contributed by atoms with Crippen LogP contribution in [0.3, 0.4) is 0 Å². The van der Waals surface area contributed by atoms with Crippen molar-refractivity contribution in [2.75, 3.05) is 5.32 Å². The van der Waals surface area contributed by atoms with Gasteiger partial charge in [0.2, 0.25) is 5.91 Å². The highest BCUT2D eigenvalue weighted by molar-refractivity contribution is 6.03. The van der Waals surface area contributed by atoms with Crippen molar-refractivity contribution in [3.05, 3.63) is 69.6 Å². The second-order valence-corrected chi connectivity index (χ2v) is 6.16. The summed E-state index contributed by atoms with van der Waals surface area (Å²) in [5.41, 5.74) is 0.683. The van der Waals surface area contributed by atoms with Crippen molar-refractivity contribution in [3.8, 4) is 0 Å². The second-order valence-electron chi connectivity index (χ2n) is 6.16. The van der Waals surface area contributed by atoms with E-state index in [1.165, 1.54) is 12.1 Å². The quantitative estimate of drug-likeness (QED) is 0.659. The molecule has 8 nitrogen and oxygen atoms in total. The number of carbonyl (C=O) groups is 3. The highest BCUT2D eigenvalue weighted by Crippen LogP contribution is 2.24. The zero-order valence-corrected chi connectivity index (χ0v) is 13.9. The van der Waals surface area contributed by atoms with Gasteiger partial charge in [0.25, 0.3) is 5.56 Å². The van der Waals surface area contributed by atoms with Gasteiger partial charge in [0, 0.05) is 16.6 Å². The summed E-state index contributed by atoms with van der Waals surface area (Å²) in [6, 6.07) is 10.9. The normalized spacial score (nSPS) is 12.7. The van der Waals surface area contributed by atoms with Gasteiger partial charge in [-0.2, -0.15) is 5.10 Å². The summed E-state index contributed by atoms with van der Waals surface area (Å²) in [4.78, 5) is 48.0. The van der Waals surface area contributed by atoms with Gasteiger partial charge in [-0.05, 0) is 29.8 Å². The molecule has 8 heteroatoms. The lowest BCUT2D eigenvalue weighted by atomic mass is 10.1. The van der Waals surface area contributed by atoms with Gasteiger partial charge in [0.1, 0.15) is 12.2 Å². The molecule has 1 aliphatic rings. The SMILES string of the molecule is O=C1Cc2cc(C(=O)Cn3nc(C(=O)[O-])c4ccccc4c3=O)ccc2N1. The highest BCUT2D eigenvalue weighted by atomic mass is 16.4. The number of Topliss-reactive ketones (excluding diaryl/α,β-unsaturated/α-hetero) is 1. The first-order valence-corrected chi connectivity index (χ1v) is 8.11. The molecule has 134 valence electrons. The van der Waals surface area contributed by atoms with Gasteiger partial charge in [-0.25, -0.2) is 4.68 Å². The molecule has 2 heterocycles. The van der Waals surface area contributed by atoms with Gasteiger partial charge in [-0.3, -0.25) is 14.4 Å². The minimum absolute atomic E-state index is 0.142. The number of rotatable bonds is 4. The van der Waals surface area contributed by atoms with Crippen molar-refractivity contribution in [1.29, 1.82) is 0 Å². The first-order chi connectivity index (χ1) is 12.9. The molecule has 0 aliphatic carbocycles. The Bertz CT molecular complexity index is 1200. The molecule has 0 saturated heterocycles. The molecule has 3 aromatic rings. The van der Waals surface area contributed by atoms with Crippen molar-refractivity contribution in [2.45, 2.75) is 13.0 Å². The molecule has 0 radical (unpaired) electrons. The van der Waals surface area contributed by atoms with Gasteiger partial charge >= 0.3 is 0 Å². The number of carboxylic acids is 1. The molecule has 1 aliphatic heterocycles. The number of hydrogen-bond acceptors (Lipinski definition) is 6. The smallest absolute Gasteiger partial charge is 0.275 e. The summed E-state index contributed by atoms with van der Waals surface area (Å²) in [6.45, 7) is -0.426. The number of amides is 1. The van der Waals surface area contributed by atoms with E-state index in [0.717, 1.165) is 4.68 Å². The van der Waals surface area contributed by atoms with Gasteiger partial charge in [-0.1, -0.05) is 18.2 Å². The van der Waals surface area contributed by atoms with Crippen LogP contribution in [0.25, 0.3) is 10.8 Å². The summed E-state index contributed by atoms with van der Waals surface area (Å²) in [7, 11) is 0. The van der Waals surface area contributed by atoms with E-state index in [-0.39, 0.29) is 23.1 Å². The lowest BCUT2D eigenvalue weighted by Crippen LogP contribution is -2.32. The summed E-state index contributed by atoms with van der Waals surface area (Å²) in [5.74, 6) is -2.11. The number of ketones is 1. The molecule has 1 N–H and O–H groups in total. The standard InChI is InChI=1S/C19H13N3O5/c23-15(10-5-6-14-11(7-10)8-16(24)20-14)9-22-18(25)13-4-2-1-3-12(13)17(21-22)19(26)27/h1-7H,8-9H2,(H,20,24)(H,26,27)/p-1. The fraction of sp³-hybridized carbons (Fsp3) is 0.105. The Balaban J connectivity index is 1.74. The van der Waals surface area contributed by atoms with Crippen molar-refractivity contribution in [1.82, 2.24) is 9.78 Å². The number of nitrogens with zero attached hydrogens (tertiary/aromatic N) is 2. The average molecular weight is 362 g/mol. The first-order valence-electron chi connectivity index (χ1n) is 8.11. The Morgan fingerprint density at radius 2 is 1.85 bits per heavy atom. The second kappa shape index (κ2) is 6.17. The van der Waals surface area contributed by atoms with Crippen LogP contribution in [0.4, 0.5) is 5.69 Å². The predicted molar refractivity (Wildman–Crippen MR) is 93.4 cm³/mol. The lowest BCUT2D eigenvalue weighted by Gasteiger charge is -2.11. The summed E-state index contributed by atoms with van der Waals surface area (Å²) in [5, 5.41) is 18.2. The molecule has 1 aromatic heterocycles. The van der Waals surface area contributed by atoms with Gasteiger partial charge in [0.05, 0.1) is 17.8 Å². The largest absolute Gasteiger partial charge is 0.543 e. The Morgan fingerprint density at radius 3 is 2.59 bits per heavy atom. The Hall–Kier alpha value is -3.81. The van der Waals surface area contributed by atoms with Gasteiger partial charge in [-0.15, -0.1) is 0 Å². The maximum atomic E-state index is 12.6. The van der Waals surface area contributed by atoms with Crippen LogP contribution in [-0.2, 0) is 17.8 Å². The van der Waals surface area contributed by atoms with Crippen molar-refractivity contribution >= 4 is 34.1 Å². The Labute approximate surface area is 152 Å². The topological polar surface area (TPSA) is 121 Å². The number of nitrogens with one attached hydrogen (secondary N) is 1. The molecule has 0 atom stereocenters. The number of aromatic carboxylic acids is 1. The molecule has 0 bridgehead atoms. The highest BCUT2D eigenvalue weighted by Gasteiger charge is 2.20. The molecule has 1 amide bonds. The van der Waals surface area contributed by atoms with E-state index in [1.54, 1.807) is 30.3 Å². The first kappa shape index (κ1) is 16.6. The van der Waals surface area contributed by atoms with Crippen LogP contribution in [0.1, 0.15) is 26.4 Å². The third-order valence-electron chi connectivity index (χ3n) is 4.41. The zero-order chi connectivity index (χ0) is 19.1. The third-order valence-corrected chi connectivity index (χ3v) is 4.41. The summed E-state index contributed by atoms with van der Waals surface area (Å²) in [6.07, 6.45) is 0.180. The fourth-order valence-electron chi connectivity index (χ4n) is 3.12. The number of fused-ring (bicyclic) bond motifs is 2. The zero-order valence-electron chi connectivity index (χ0n) is 13.9. The molecule has 0 fully saturated rings. The number of carboxylic acid groups (broad SMARTS) is 1. The number of anilines is 1. The minimum Gasteiger partial charge on any atom is -0.543 e. The minimum atomic E-state index is -1.53. The van der Waals surface area contributed by atoms with Crippen LogP contribution in [0.2, 0.25) is 0 Å². The summed E-state index contributed by atoms with van der Waals surface area (Å²) < 4.78 is 0.826. The van der Waals surface area contributed by atoms with Crippen LogP contribution < -0.4 is 16.0 Å². The van der Waals surface area contributed by atoms with Crippen LogP contribution in [0.15, 0.2) is 47.3 Å². The van der Waals surface area contributed by atoms with Crippen LogP contribution in [-0.4, -0.2) is 27.4 Å². The Morgan fingerprint density at radius 1 is 1.11 bits per heavy atom. The molecule has 0 saturated carbocycles. The van der Waals surface area contributed by atoms with Crippen molar-refractivity contribution < 1.29 is 19.5 Å². The van der Waals surface area contributed by atoms with E-state index in [0.29, 0.717) is 16.8 Å². The number of carbonyl (C=O) groups excluding carboxylic acids is 3. The van der Waals surface area contributed by atoms with Gasteiger partial charge < -0.3 is 15.2 Å². The lowest BCUT2D eigenvalue weighted by molar-refractivity contribution is -0.255. The molecule has 2 aromatic carbocycles. The van der Waals surface area contributed by atoms with Gasteiger partial charge in [0.15, 0.2) is 5.78 Å². The Kier molecular flexibility index (Phi) is 3.80. The molecule has 27 heavy (non-hydrogen) atoms. The molecule has 4 rings (SSSR count).